The number of likely N-dealkylation sites (N-methyl/N-ethyl adjacent to an activating group) is 1. The van der Waals surface area contributed by atoms with E-state index in [1.807, 2.05) is 11.8 Å². The highest BCUT2D eigenvalue weighted by Crippen LogP contribution is 2.29. The van der Waals surface area contributed by atoms with E-state index in [0.717, 1.165) is 39.3 Å². The van der Waals surface area contributed by atoms with Gasteiger partial charge in [-0.2, -0.15) is 0 Å². The van der Waals surface area contributed by atoms with Crippen molar-refractivity contribution in [2.24, 2.45) is 0 Å². The molecule has 15 heavy (non-hydrogen) atoms. The highest BCUT2D eigenvalue weighted by Gasteiger charge is 2.48. The zero-order valence-corrected chi connectivity index (χ0v) is 9.66. The normalized spacial score (nSPS) is 25.3. The Morgan fingerprint density at radius 2 is 2.07 bits per heavy atom. The van der Waals surface area contributed by atoms with E-state index in [-0.39, 0.29) is 11.5 Å². The van der Waals surface area contributed by atoms with Crippen LogP contribution in [-0.4, -0.2) is 60.6 Å². The molecule has 0 aromatic carbocycles. The fourth-order valence-corrected chi connectivity index (χ4v) is 2.43. The molecule has 0 radical (unpaired) electrons. The number of amides is 1. The van der Waals surface area contributed by atoms with Crippen molar-refractivity contribution in [1.29, 1.82) is 0 Å². The number of ether oxygens (including phenoxy) is 1. The molecule has 86 valence electrons. The average Bonchev–Trinajstić information content (AvgIpc) is 2.24. The number of rotatable bonds is 2. The molecular weight excluding hydrogens is 192 g/mol. The zero-order valence-electron chi connectivity index (χ0n) is 9.66. The van der Waals surface area contributed by atoms with Crippen LogP contribution in [0.15, 0.2) is 0 Å². The average molecular weight is 212 g/mol. The van der Waals surface area contributed by atoms with E-state index in [4.69, 9.17) is 4.74 Å². The van der Waals surface area contributed by atoms with Gasteiger partial charge in [0.1, 0.15) is 5.60 Å². The van der Waals surface area contributed by atoms with Gasteiger partial charge in [0.25, 0.3) is 0 Å². The molecule has 2 saturated heterocycles. The van der Waals surface area contributed by atoms with Crippen LogP contribution in [0.5, 0.6) is 0 Å². The second kappa shape index (κ2) is 4.10. The predicted octanol–water partition coefficient (Wildman–Crippen LogP) is 0.329. The molecule has 0 bridgehead atoms. The van der Waals surface area contributed by atoms with Gasteiger partial charge >= 0.3 is 0 Å². The van der Waals surface area contributed by atoms with Crippen molar-refractivity contribution in [3.05, 3.63) is 0 Å². The third-order valence-corrected chi connectivity index (χ3v) is 3.39. The van der Waals surface area contributed by atoms with Crippen molar-refractivity contribution in [3.63, 3.8) is 0 Å². The van der Waals surface area contributed by atoms with Crippen LogP contribution in [-0.2, 0) is 9.53 Å². The Labute approximate surface area is 91.2 Å². The summed E-state index contributed by atoms with van der Waals surface area (Å²) in [5.74, 6) is 0.248. The van der Waals surface area contributed by atoms with Crippen LogP contribution in [0.4, 0.5) is 0 Å². The van der Waals surface area contributed by atoms with Gasteiger partial charge in [0.05, 0.1) is 19.7 Å². The number of nitrogens with zero attached hydrogens (tertiary/aromatic N) is 2. The summed E-state index contributed by atoms with van der Waals surface area (Å²) in [6.45, 7) is 9.55. The van der Waals surface area contributed by atoms with E-state index in [1.54, 1.807) is 0 Å². The molecule has 0 N–H and O–H groups in total. The van der Waals surface area contributed by atoms with E-state index < -0.39 is 0 Å². The molecule has 1 amide bonds. The fourth-order valence-electron chi connectivity index (χ4n) is 2.43. The molecule has 4 heteroatoms. The maximum absolute atomic E-state index is 11.4. The smallest absolute Gasteiger partial charge is 0.222 e. The van der Waals surface area contributed by atoms with Gasteiger partial charge in [0.15, 0.2) is 0 Å². The molecule has 0 saturated carbocycles. The third kappa shape index (κ3) is 2.01. The minimum atomic E-state index is -0.0426. The molecule has 0 aliphatic carbocycles. The van der Waals surface area contributed by atoms with Crippen molar-refractivity contribution in [2.75, 3.05) is 39.3 Å². The molecule has 0 atom stereocenters. The topological polar surface area (TPSA) is 32.8 Å². The second-order valence-corrected chi connectivity index (χ2v) is 4.50. The number of carbonyl (C=O) groups is 1. The Morgan fingerprint density at radius 1 is 1.33 bits per heavy atom. The largest absolute Gasteiger partial charge is 0.369 e. The number of hydrogen-bond acceptors (Lipinski definition) is 3. The molecular formula is C11H20N2O2. The molecule has 0 aromatic heterocycles. The summed E-state index contributed by atoms with van der Waals surface area (Å²) in [5, 5.41) is 0. The van der Waals surface area contributed by atoms with Gasteiger partial charge in [-0.15, -0.1) is 0 Å². The monoisotopic (exact) mass is 212 g/mol. The molecule has 1 spiro atoms. The summed E-state index contributed by atoms with van der Waals surface area (Å²) in [6.07, 6.45) is 0.605. The van der Waals surface area contributed by atoms with Crippen LogP contribution >= 0.6 is 0 Å². The van der Waals surface area contributed by atoms with Crippen molar-refractivity contribution >= 4 is 5.91 Å². The minimum absolute atomic E-state index is 0.0426. The van der Waals surface area contributed by atoms with Gasteiger partial charge in [-0.05, 0) is 6.54 Å². The molecule has 0 aromatic rings. The Bertz CT molecular complexity index is 249. The first-order chi connectivity index (χ1) is 7.19. The molecule has 2 rings (SSSR count). The lowest BCUT2D eigenvalue weighted by Gasteiger charge is -2.53. The Morgan fingerprint density at radius 3 is 2.67 bits per heavy atom. The van der Waals surface area contributed by atoms with Gasteiger partial charge < -0.3 is 9.64 Å². The molecule has 2 aliphatic heterocycles. The number of carbonyl (C=O) groups excluding carboxylic acids is 1. The number of likely N-dealkylation sites (tertiary alicyclic amines) is 1. The first-order valence-corrected chi connectivity index (χ1v) is 5.83. The molecule has 0 unspecified atom stereocenters. The minimum Gasteiger partial charge on any atom is -0.369 e. The summed E-state index contributed by atoms with van der Waals surface area (Å²) in [5.41, 5.74) is -0.0426. The fraction of sp³-hybridized carbons (Fsp3) is 0.909. The quantitative estimate of drug-likeness (QED) is 0.661. The van der Waals surface area contributed by atoms with E-state index in [0.29, 0.717) is 6.42 Å². The summed E-state index contributed by atoms with van der Waals surface area (Å²) in [7, 11) is 0. The summed E-state index contributed by atoms with van der Waals surface area (Å²) in [4.78, 5) is 15.7. The molecule has 2 fully saturated rings. The standard InChI is InChI=1S/C11H20N2O2/c1-3-10(14)13-8-11(9-13)7-12(4-2)5-6-15-11/h3-9H2,1-2H3. The van der Waals surface area contributed by atoms with Crippen molar-refractivity contribution in [3.8, 4) is 0 Å². The zero-order chi connectivity index (χ0) is 10.9. The van der Waals surface area contributed by atoms with E-state index in [1.165, 1.54) is 0 Å². The van der Waals surface area contributed by atoms with Gasteiger partial charge in [-0.3, -0.25) is 9.69 Å². The van der Waals surface area contributed by atoms with Crippen LogP contribution < -0.4 is 0 Å². The van der Waals surface area contributed by atoms with Crippen LogP contribution in [0.3, 0.4) is 0 Å². The molecule has 2 aliphatic rings. The molecule has 4 nitrogen and oxygen atoms in total. The maximum atomic E-state index is 11.4. The first kappa shape index (κ1) is 10.9. The Kier molecular flexibility index (Phi) is 2.98. The van der Waals surface area contributed by atoms with Gasteiger partial charge in [0.2, 0.25) is 5.91 Å². The van der Waals surface area contributed by atoms with Crippen LogP contribution in [0.25, 0.3) is 0 Å². The lowest BCUT2D eigenvalue weighted by Crippen LogP contribution is -2.71. The SMILES string of the molecule is CCC(=O)N1CC2(CN(CC)CCO2)C1. The molecule has 2 heterocycles. The second-order valence-electron chi connectivity index (χ2n) is 4.50. The van der Waals surface area contributed by atoms with Crippen LogP contribution in [0, 0.1) is 0 Å². The summed E-state index contributed by atoms with van der Waals surface area (Å²) >= 11 is 0. The first-order valence-electron chi connectivity index (χ1n) is 5.83. The van der Waals surface area contributed by atoms with Gasteiger partial charge in [-0.1, -0.05) is 13.8 Å². The van der Waals surface area contributed by atoms with E-state index in [9.17, 15) is 4.79 Å². The number of hydrogen-bond donors (Lipinski definition) is 0. The van der Waals surface area contributed by atoms with Crippen molar-refractivity contribution < 1.29 is 9.53 Å². The van der Waals surface area contributed by atoms with Crippen molar-refractivity contribution in [1.82, 2.24) is 9.80 Å². The third-order valence-electron chi connectivity index (χ3n) is 3.39. The van der Waals surface area contributed by atoms with Crippen LogP contribution in [0.2, 0.25) is 0 Å². The predicted molar refractivity (Wildman–Crippen MR) is 57.7 cm³/mol. The van der Waals surface area contributed by atoms with Crippen molar-refractivity contribution in [2.45, 2.75) is 25.9 Å². The summed E-state index contributed by atoms with van der Waals surface area (Å²) < 4.78 is 5.82. The van der Waals surface area contributed by atoms with E-state index >= 15 is 0 Å². The van der Waals surface area contributed by atoms with Gasteiger partial charge in [0, 0.05) is 19.5 Å². The number of morpholine rings is 1. The van der Waals surface area contributed by atoms with Gasteiger partial charge in [-0.25, -0.2) is 0 Å². The van der Waals surface area contributed by atoms with Crippen LogP contribution in [0.1, 0.15) is 20.3 Å². The van der Waals surface area contributed by atoms with E-state index in [2.05, 4.69) is 11.8 Å². The lowest BCUT2D eigenvalue weighted by molar-refractivity contribution is -0.190. The highest BCUT2D eigenvalue weighted by atomic mass is 16.5. The maximum Gasteiger partial charge on any atom is 0.222 e. The lowest BCUT2D eigenvalue weighted by atomic mass is 9.91. The summed E-state index contributed by atoms with van der Waals surface area (Å²) in [6, 6.07) is 0. The Balaban J connectivity index is 1.87. The Hall–Kier alpha value is -0.610. The highest BCUT2D eigenvalue weighted by molar-refractivity contribution is 5.77.